The number of benzene rings is 1. The summed E-state index contributed by atoms with van der Waals surface area (Å²) < 4.78 is 2.12. The maximum absolute atomic E-state index is 11.1. The number of rotatable bonds is 1. The lowest BCUT2D eigenvalue weighted by atomic mass is 10.1. The molecular weight excluding hydrogens is 188 g/mol. The second kappa shape index (κ2) is 3.12. The van der Waals surface area contributed by atoms with Gasteiger partial charge < -0.3 is 10.3 Å². The zero-order valence-electron chi connectivity index (χ0n) is 9.16. The number of aromatic nitrogens is 1. The van der Waals surface area contributed by atoms with Crippen molar-refractivity contribution in [2.75, 3.05) is 0 Å². The molecular formula is C12H14N2O. The molecule has 2 aromatic rings. The van der Waals surface area contributed by atoms with Crippen molar-refractivity contribution in [3.8, 4) is 0 Å². The molecule has 1 amide bonds. The summed E-state index contributed by atoms with van der Waals surface area (Å²) >= 11 is 0. The summed E-state index contributed by atoms with van der Waals surface area (Å²) in [6.07, 6.45) is 0. The number of nitrogens with two attached hydrogens (primary N) is 1. The average Bonchev–Trinajstić information content (AvgIpc) is 2.44. The predicted molar refractivity (Wildman–Crippen MR) is 60.9 cm³/mol. The summed E-state index contributed by atoms with van der Waals surface area (Å²) in [7, 11) is 2.02. The summed E-state index contributed by atoms with van der Waals surface area (Å²) in [6, 6.07) is 5.57. The fourth-order valence-electron chi connectivity index (χ4n) is 1.91. The van der Waals surface area contributed by atoms with Crippen molar-refractivity contribution in [2.45, 2.75) is 13.8 Å². The van der Waals surface area contributed by atoms with Gasteiger partial charge in [0.05, 0.1) is 0 Å². The van der Waals surface area contributed by atoms with Crippen LogP contribution in [0, 0.1) is 13.8 Å². The van der Waals surface area contributed by atoms with E-state index in [-0.39, 0.29) is 5.91 Å². The molecule has 0 aliphatic heterocycles. The molecule has 2 rings (SSSR count). The third-order valence-electron chi connectivity index (χ3n) is 3.09. The van der Waals surface area contributed by atoms with E-state index in [1.807, 2.05) is 19.2 Å². The van der Waals surface area contributed by atoms with Gasteiger partial charge >= 0.3 is 0 Å². The minimum absolute atomic E-state index is 0.377. The van der Waals surface area contributed by atoms with E-state index < -0.39 is 0 Å². The number of hydrogen-bond acceptors (Lipinski definition) is 1. The Morgan fingerprint density at radius 2 is 2.00 bits per heavy atom. The van der Waals surface area contributed by atoms with Crippen LogP contribution in [0.15, 0.2) is 18.2 Å². The highest BCUT2D eigenvalue weighted by atomic mass is 16.1. The van der Waals surface area contributed by atoms with Gasteiger partial charge in [0.1, 0.15) is 0 Å². The van der Waals surface area contributed by atoms with Crippen LogP contribution < -0.4 is 5.73 Å². The first-order chi connectivity index (χ1) is 7.02. The van der Waals surface area contributed by atoms with Crippen molar-refractivity contribution >= 4 is 16.8 Å². The van der Waals surface area contributed by atoms with Gasteiger partial charge in [0, 0.05) is 29.2 Å². The SMILES string of the molecule is Cc1c(C)n(C)c2ccc(C(N)=O)cc12. The second-order valence-corrected chi connectivity index (χ2v) is 3.87. The summed E-state index contributed by atoms with van der Waals surface area (Å²) in [4.78, 5) is 11.1. The first-order valence-electron chi connectivity index (χ1n) is 4.88. The van der Waals surface area contributed by atoms with Gasteiger partial charge in [-0.25, -0.2) is 0 Å². The number of carbonyl (C=O) groups excluding carboxylic acids is 1. The zero-order chi connectivity index (χ0) is 11.2. The molecule has 0 atom stereocenters. The second-order valence-electron chi connectivity index (χ2n) is 3.87. The molecule has 0 aliphatic rings. The minimum Gasteiger partial charge on any atom is -0.366 e. The number of carbonyl (C=O) groups is 1. The molecule has 1 aromatic carbocycles. The molecule has 0 unspecified atom stereocenters. The molecule has 2 N–H and O–H groups in total. The van der Waals surface area contributed by atoms with Gasteiger partial charge in [0.15, 0.2) is 0 Å². The van der Waals surface area contributed by atoms with Crippen LogP contribution in [0.3, 0.4) is 0 Å². The van der Waals surface area contributed by atoms with Gasteiger partial charge in [-0.1, -0.05) is 0 Å². The molecule has 0 aliphatic carbocycles. The zero-order valence-corrected chi connectivity index (χ0v) is 9.16. The molecule has 0 spiro atoms. The Balaban J connectivity index is 2.82. The van der Waals surface area contributed by atoms with Crippen molar-refractivity contribution in [2.24, 2.45) is 12.8 Å². The Kier molecular flexibility index (Phi) is 2.03. The lowest BCUT2D eigenvalue weighted by Crippen LogP contribution is -2.10. The van der Waals surface area contributed by atoms with Gasteiger partial charge in [0.2, 0.25) is 5.91 Å². The van der Waals surface area contributed by atoms with E-state index in [0.717, 1.165) is 10.9 Å². The maximum Gasteiger partial charge on any atom is 0.248 e. The van der Waals surface area contributed by atoms with E-state index in [9.17, 15) is 4.79 Å². The summed E-state index contributed by atoms with van der Waals surface area (Å²) in [5, 5.41) is 1.10. The summed E-state index contributed by atoms with van der Waals surface area (Å²) in [5.74, 6) is -0.377. The molecule has 0 bridgehead atoms. The van der Waals surface area contributed by atoms with Crippen LogP contribution in [-0.4, -0.2) is 10.5 Å². The monoisotopic (exact) mass is 202 g/mol. The van der Waals surface area contributed by atoms with Crippen LogP contribution in [0.5, 0.6) is 0 Å². The average molecular weight is 202 g/mol. The van der Waals surface area contributed by atoms with Crippen LogP contribution in [0.2, 0.25) is 0 Å². The highest BCUT2D eigenvalue weighted by Gasteiger charge is 2.09. The van der Waals surface area contributed by atoms with Gasteiger partial charge in [-0.15, -0.1) is 0 Å². The molecule has 3 heteroatoms. The highest BCUT2D eigenvalue weighted by Crippen LogP contribution is 2.24. The van der Waals surface area contributed by atoms with Gasteiger partial charge in [-0.2, -0.15) is 0 Å². The van der Waals surface area contributed by atoms with E-state index in [4.69, 9.17) is 5.73 Å². The molecule has 1 aromatic heterocycles. The van der Waals surface area contributed by atoms with Gasteiger partial charge in [-0.3, -0.25) is 4.79 Å². The first kappa shape index (κ1) is 9.77. The molecule has 78 valence electrons. The van der Waals surface area contributed by atoms with Gasteiger partial charge in [-0.05, 0) is 37.6 Å². The fraction of sp³-hybridized carbons (Fsp3) is 0.250. The Labute approximate surface area is 88.5 Å². The van der Waals surface area contributed by atoms with Crippen LogP contribution in [0.4, 0.5) is 0 Å². The van der Waals surface area contributed by atoms with E-state index in [2.05, 4.69) is 18.4 Å². The highest BCUT2D eigenvalue weighted by molar-refractivity contribution is 5.98. The Bertz CT molecular complexity index is 552. The Morgan fingerprint density at radius 3 is 2.60 bits per heavy atom. The van der Waals surface area contributed by atoms with Crippen molar-refractivity contribution in [3.63, 3.8) is 0 Å². The molecule has 0 saturated heterocycles. The normalized spacial score (nSPS) is 10.9. The number of amides is 1. The number of fused-ring (bicyclic) bond motifs is 1. The smallest absolute Gasteiger partial charge is 0.248 e. The van der Waals surface area contributed by atoms with Crippen LogP contribution in [0.1, 0.15) is 21.6 Å². The van der Waals surface area contributed by atoms with E-state index in [1.54, 1.807) is 6.07 Å². The molecule has 0 fully saturated rings. The lowest BCUT2D eigenvalue weighted by molar-refractivity contribution is 0.100. The largest absolute Gasteiger partial charge is 0.366 e. The predicted octanol–water partition coefficient (Wildman–Crippen LogP) is 1.89. The van der Waals surface area contributed by atoms with Crippen LogP contribution >= 0.6 is 0 Å². The van der Waals surface area contributed by atoms with Crippen LogP contribution in [0.25, 0.3) is 10.9 Å². The minimum atomic E-state index is -0.377. The number of aryl methyl sites for hydroxylation is 2. The lowest BCUT2D eigenvalue weighted by Gasteiger charge is -1.99. The van der Waals surface area contributed by atoms with E-state index in [0.29, 0.717) is 5.56 Å². The number of hydrogen-bond donors (Lipinski definition) is 1. The molecule has 0 saturated carbocycles. The maximum atomic E-state index is 11.1. The van der Waals surface area contributed by atoms with Gasteiger partial charge in [0.25, 0.3) is 0 Å². The third-order valence-corrected chi connectivity index (χ3v) is 3.09. The van der Waals surface area contributed by atoms with Crippen molar-refractivity contribution in [3.05, 3.63) is 35.0 Å². The van der Waals surface area contributed by atoms with Crippen molar-refractivity contribution in [1.29, 1.82) is 0 Å². The van der Waals surface area contributed by atoms with Crippen molar-refractivity contribution in [1.82, 2.24) is 4.57 Å². The molecule has 1 heterocycles. The Morgan fingerprint density at radius 1 is 1.33 bits per heavy atom. The molecule has 15 heavy (non-hydrogen) atoms. The Hall–Kier alpha value is -1.77. The van der Waals surface area contributed by atoms with E-state index >= 15 is 0 Å². The molecule has 0 radical (unpaired) electrons. The topological polar surface area (TPSA) is 48.0 Å². The van der Waals surface area contributed by atoms with Crippen molar-refractivity contribution < 1.29 is 4.79 Å². The standard InChI is InChI=1S/C12H14N2O/c1-7-8(2)14(3)11-5-4-9(12(13)15)6-10(7)11/h4-6H,1-3H3,(H2,13,15). The number of nitrogens with zero attached hydrogens (tertiary/aromatic N) is 1. The number of primary amides is 1. The molecule has 3 nitrogen and oxygen atoms in total. The summed E-state index contributed by atoms with van der Waals surface area (Å²) in [5.41, 5.74) is 9.37. The third kappa shape index (κ3) is 1.31. The quantitative estimate of drug-likeness (QED) is 0.754. The van der Waals surface area contributed by atoms with E-state index in [1.165, 1.54) is 11.3 Å². The van der Waals surface area contributed by atoms with Crippen LogP contribution in [-0.2, 0) is 7.05 Å². The first-order valence-corrected chi connectivity index (χ1v) is 4.88. The summed E-state index contributed by atoms with van der Waals surface area (Å²) in [6.45, 7) is 4.13. The fourth-order valence-corrected chi connectivity index (χ4v) is 1.91.